The summed E-state index contributed by atoms with van der Waals surface area (Å²) in [6, 6.07) is 22.4. The molecule has 2 aromatic carbocycles. The van der Waals surface area contributed by atoms with E-state index in [0.29, 0.717) is 5.76 Å². The number of carbonyl (C=O) groups excluding carboxylic acids is 2. The van der Waals surface area contributed by atoms with Crippen molar-refractivity contribution in [1.82, 2.24) is 15.2 Å². The fourth-order valence-electron chi connectivity index (χ4n) is 3.52. The largest absolute Gasteiger partial charge is 0.467 e. The van der Waals surface area contributed by atoms with Crippen LogP contribution in [0.4, 0.5) is 4.39 Å². The zero-order chi connectivity index (χ0) is 23.0. The number of carbonyl (C=O) groups is 2. The molecule has 2 amide bonds. The van der Waals surface area contributed by atoms with Gasteiger partial charge in [-0.15, -0.1) is 0 Å². The minimum absolute atomic E-state index is 0.0415. The second-order valence-electron chi connectivity index (χ2n) is 7.35. The molecule has 0 bridgehead atoms. The van der Waals surface area contributed by atoms with Crippen molar-refractivity contribution in [2.45, 2.75) is 19.1 Å². The summed E-state index contributed by atoms with van der Waals surface area (Å²) in [5, 5.41) is 2.84. The number of furan rings is 1. The van der Waals surface area contributed by atoms with Crippen LogP contribution in [0.15, 0.2) is 102 Å². The van der Waals surface area contributed by atoms with Crippen LogP contribution in [0.2, 0.25) is 0 Å². The zero-order valence-corrected chi connectivity index (χ0v) is 17.7. The van der Waals surface area contributed by atoms with E-state index >= 15 is 0 Å². The summed E-state index contributed by atoms with van der Waals surface area (Å²) in [5.41, 5.74) is 1.10. The summed E-state index contributed by atoms with van der Waals surface area (Å²) in [5.74, 6) is -1.16. The van der Waals surface area contributed by atoms with Crippen LogP contribution in [0.5, 0.6) is 0 Å². The molecule has 0 saturated carbocycles. The molecule has 2 aromatic heterocycles. The topological polar surface area (TPSA) is 75.4 Å². The van der Waals surface area contributed by atoms with E-state index in [4.69, 9.17) is 4.42 Å². The lowest BCUT2D eigenvalue weighted by atomic mass is 10.0. The Morgan fingerprint density at radius 3 is 2.39 bits per heavy atom. The molecular weight excluding hydrogens is 421 g/mol. The van der Waals surface area contributed by atoms with Gasteiger partial charge in [0.05, 0.1) is 12.8 Å². The summed E-state index contributed by atoms with van der Waals surface area (Å²) in [6.45, 7) is 0.192. The lowest BCUT2D eigenvalue weighted by Gasteiger charge is -2.30. The minimum Gasteiger partial charge on any atom is -0.467 e. The molecule has 0 aliphatic carbocycles. The van der Waals surface area contributed by atoms with E-state index < -0.39 is 23.7 Å². The van der Waals surface area contributed by atoms with Gasteiger partial charge in [-0.1, -0.05) is 54.6 Å². The van der Waals surface area contributed by atoms with Crippen LogP contribution in [-0.4, -0.2) is 21.7 Å². The van der Waals surface area contributed by atoms with Gasteiger partial charge in [0.15, 0.2) is 0 Å². The van der Waals surface area contributed by atoms with Crippen molar-refractivity contribution in [3.05, 3.63) is 126 Å². The second-order valence-corrected chi connectivity index (χ2v) is 7.35. The maximum atomic E-state index is 14.9. The average Bonchev–Trinajstić information content (AvgIpc) is 3.37. The van der Waals surface area contributed by atoms with Gasteiger partial charge in [0.2, 0.25) is 5.91 Å². The molecule has 0 fully saturated rings. The number of benzene rings is 2. The smallest absolute Gasteiger partial charge is 0.273 e. The molecule has 33 heavy (non-hydrogen) atoms. The summed E-state index contributed by atoms with van der Waals surface area (Å²) < 4.78 is 20.3. The summed E-state index contributed by atoms with van der Waals surface area (Å²) in [6.07, 6.45) is 2.97. The van der Waals surface area contributed by atoms with Gasteiger partial charge >= 0.3 is 0 Å². The van der Waals surface area contributed by atoms with Crippen LogP contribution in [0.25, 0.3) is 0 Å². The Balaban J connectivity index is 1.72. The number of nitrogens with one attached hydrogen (secondary N) is 1. The molecule has 1 unspecified atom stereocenters. The van der Waals surface area contributed by atoms with Gasteiger partial charge in [-0.05, 0) is 35.9 Å². The Morgan fingerprint density at radius 1 is 0.939 bits per heavy atom. The van der Waals surface area contributed by atoms with E-state index in [2.05, 4.69) is 10.3 Å². The van der Waals surface area contributed by atoms with Gasteiger partial charge in [0.25, 0.3) is 5.91 Å². The summed E-state index contributed by atoms with van der Waals surface area (Å²) in [7, 11) is 0. The third kappa shape index (κ3) is 5.33. The molecule has 1 atom stereocenters. The van der Waals surface area contributed by atoms with E-state index in [9.17, 15) is 14.0 Å². The maximum absolute atomic E-state index is 14.9. The van der Waals surface area contributed by atoms with E-state index in [-0.39, 0.29) is 24.3 Å². The van der Waals surface area contributed by atoms with E-state index in [0.717, 1.165) is 5.56 Å². The number of pyridine rings is 1. The number of hydrogen-bond donors (Lipinski definition) is 1. The Kier molecular flexibility index (Phi) is 6.90. The highest BCUT2D eigenvalue weighted by Gasteiger charge is 2.34. The van der Waals surface area contributed by atoms with Crippen molar-refractivity contribution in [3.8, 4) is 0 Å². The van der Waals surface area contributed by atoms with Crippen LogP contribution >= 0.6 is 0 Å². The number of amides is 2. The normalized spacial score (nSPS) is 11.5. The van der Waals surface area contributed by atoms with E-state index in [1.54, 1.807) is 36.4 Å². The molecule has 0 radical (unpaired) electrons. The summed E-state index contributed by atoms with van der Waals surface area (Å²) in [4.78, 5) is 32.4. The molecule has 7 heteroatoms. The van der Waals surface area contributed by atoms with Crippen LogP contribution < -0.4 is 5.32 Å². The maximum Gasteiger partial charge on any atom is 0.273 e. The first-order valence-corrected chi connectivity index (χ1v) is 10.4. The Labute approximate surface area is 190 Å². The predicted octanol–water partition coefficient (Wildman–Crippen LogP) is 4.51. The number of rotatable bonds is 8. The van der Waals surface area contributed by atoms with Gasteiger partial charge < -0.3 is 14.6 Å². The van der Waals surface area contributed by atoms with Gasteiger partial charge in [0.1, 0.15) is 23.3 Å². The third-order valence-electron chi connectivity index (χ3n) is 5.12. The van der Waals surface area contributed by atoms with Crippen molar-refractivity contribution in [3.63, 3.8) is 0 Å². The van der Waals surface area contributed by atoms with Gasteiger partial charge in [-0.25, -0.2) is 4.39 Å². The van der Waals surface area contributed by atoms with Crippen LogP contribution in [0.3, 0.4) is 0 Å². The SMILES string of the molecule is O=C(NCc1ccccc1)C(c1ccccc1F)N(Cc1ccco1)C(=O)c1ccccn1. The monoisotopic (exact) mass is 443 g/mol. The van der Waals surface area contributed by atoms with Crippen LogP contribution in [0, 0.1) is 5.82 Å². The van der Waals surface area contributed by atoms with Crippen molar-refractivity contribution in [2.75, 3.05) is 0 Å². The molecule has 166 valence electrons. The van der Waals surface area contributed by atoms with Crippen molar-refractivity contribution in [1.29, 1.82) is 0 Å². The number of hydrogen-bond acceptors (Lipinski definition) is 4. The first-order chi connectivity index (χ1) is 16.1. The summed E-state index contributed by atoms with van der Waals surface area (Å²) >= 11 is 0. The number of halogens is 1. The minimum atomic E-state index is -1.24. The fraction of sp³-hybridized carbons (Fsp3) is 0.115. The molecule has 6 nitrogen and oxygen atoms in total. The number of aromatic nitrogens is 1. The Hall–Kier alpha value is -4.26. The highest BCUT2D eigenvalue weighted by atomic mass is 19.1. The molecule has 0 spiro atoms. The first-order valence-electron chi connectivity index (χ1n) is 10.4. The van der Waals surface area contributed by atoms with Crippen LogP contribution in [-0.2, 0) is 17.9 Å². The standard InChI is InChI=1S/C26H22FN3O3/c27-22-13-5-4-12-21(22)24(25(31)29-17-19-9-2-1-3-10-19)30(18-20-11-8-16-33-20)26(32)23-14-6-7-15-28-23/h1-16,24H,17-18H2,(H,29,31). The highest BCUT2D eigenvalue weighted by molar-refractivity contribution is 5.96. The van der Waals surface area contributed by atoms with E-state index in [1.165, 1.54) is 35.6 Å². The Morgan fingerprint density at radius 2 is 1.70 bits per heavy atom. The number of nitrogens with zero attached hydrogens (tertiary/aromatic N) is 2. The van der Waals surface area contributed by atoms with Crippen molar-refractivity contribution >= 4 is 11.8 Å². The molecule has 2 heterocycles. The molecule has 4 aromatic rings. The van der Waals surface area contributed by atoms with Gasteiger partial charge in [-0.2, -0.15) is 0 Å². The van der Waals surface area contributed by atoms with Gasteiger partial charge in [0, 0.05) is 18.3 Å². The van der Waals surface area contributed by atoms with Crippen molar-refractivity contribution in [2.24, 2.45) is 0 Å². The fourth-order valence-corrected chi connectivity index (χ4v) is 3.52. The van der Waals surface area contributed by atoms with Gasteiger partial charge in [-0.3, -0.25) is 14.6 Å². The zero-order valence-electron chi connectivity index (χ0n) is 17.7. The highest BCUT2D eigenvalue weighted by Crippen LogP contribution is 2.27. The van der Waals surface area contributed by atoms with E-state index in [1.807, 2.05) is 30.3 Å². The Bertz CT molecular complexity index is 1200. The quantitative estimate of drug-likeness (QED) is 0.435. The predicted molar refractivity (Wildman–Crippen MR) is 120 cm³/mol. The molecule has 1 N–H and O–H groups in total. The third-order valence-corrected chi connectivity index (χ3v) is 5.12. The lowest BCUT2D eigenvalue weighted by molar-refractivity contribution is -0.126. The van der Waals surface area contributed by atoms with Crippen LogP contribution in [0.1, 0.15) is 33.4 Å². The molecule has 4 rings (SSSR count). The second kappa shape index (κ2) is 10.4. The average molecular weight is 443 g/mol. The first kappa shape index (κ1) is 22.0. The van der Waals surface area contributed by atoms with Crippen molar-refractivity contribution < 1.29 is 18.4 Å². The molecule has 0 aliphatic rings. The lowest BCUT2D eigenvalue weighted by Crippen LogP contribution is -2.43. The molecular formula is C26H22FN3O3. The molecule has 0 aliphatic heterocycles. The molecule has 0 saturated heterocycles.